The van der Waals surface area contributed by atoms with Crippen LogP contribution < -0.4 is 11.0 Å². The van der Waals surface area contributed by atoms with Crippen LogP contribution in [0, 0.1) is 0 Å². The maximum Gasteiger partial charge on any atom is 0.328 e. The molecule has 3 amide bonds. The molecule has 1 fully saturated rings. The van der Waals surface area contributed by atoms with Crippen molar-refractivity contribution >= 4 is 67.5 Å². The van der Waals surface area contributed by atoms with E-state index >= 15 is 0 Å². The first-order chi connectivity index (χ1) is 14.7. The summed E-state index contributed by atoms with van der Waals surface area (Å²) in [5.74, 6) is -0.991. The minimum absolute atomic E-state index is 0.149. The number of imide groups is 1. The van der Waals surface area contributed by atoms with Gasteiger partial charge in [-0.25, -0.2) is 4.79 Å². The van der Waals surface area contributed by atoms with Gasteiger partial charge in [0.1, 0.15) is 6.54 Å². The molecule has 31 heavy (non-hydrogen) atoms. The topological polar surface area (TPSA) is 93.4 Å². The van der Waals surface area contributed by atoms with E-state index in [1.165, 1.54) is 9.13 Å². The largest absolute Gasteiger partial charge is 0.328 e. The number of hydrogen-bond acceptors (Lipinski definition) is 5. The number of carbonyl (C=O) groups excluding carboxylic acids is 3. The van der Waals surface area contributed by atoms with Gasteiger partial charge in [0, 0.05) is 24.3 Å². The molecule has 0 radical (unpaired) electrons. The summed E-state index contributed by atoms with van der Waals surface area (Å²) in [5.41, 5.74) is 2.58. The molecule has 4 rings (SSSR count). The summed E-state index contributed by atoms with van der Waals surface area (Å²) in [4.78, 5) is 50.6. The van der Waals surface area contributed by atoms with Gasteiger partial charge in [0.05, 0.1) is 15.9 Å². The average molecular weight is 501 g/mol. The molecule has 1 aliphatic heterocycles. The second-order valence-corrected chi connectivity index (χ2v) is 8.88. The van der Waals surface area contributed by atoms with Crippen LogP contribution in [0.1, 0.15) is 5.56 Å². The van der Waals surface area contributed by atoms with E-state index < -0.39 is 17.1 Å². The fourth-order valence-corrected chi connectivity index (χ4v) is 4.38. The van der Waals surface area contributed by atoms with E-state index in [1.807, 2.05) is 0 Å². The zero-order valence-electron chi connectivity index (χ0n) is 16.6. The average Bonchev–Trinajstić information content (AvgIpc) is 3.12. The molecule has 0 aliphatic carbocycles. The number of fused-ring (bicyclic) bond motifs is 1. The molecular formula is C21H17BrN4O4S. The number of nitrogens with zero attached hydrogens (tertiary/aromatic N) is 3. The van der Waals surface area contributed by atoms with E-state index in [2.05, 4.69) is 21.2 Å². The van der Waals surface area contributed by atoms with Crippen LogP contribution >= 0.6 is 27.7 Å². The summed E-state index contributed by atoms with van der Waals surface area (Å²) in [6.45, 7) is -0.371. The van der Waals surface area contributed by atoms with Crippen molar-refractivity contribution in [3.63, 3.8) is 0 Å². The van der Waals surface area contributed by atoms with Crippen molar-refractivity contribution in [3.8, 4) is 0 Å². The van der Waals surface area contributed by atoms with E-state index in [0.29, 0.717) is 16.8 Å². The number of carbonyl (C=O) groups is 3. The Bertz CT molecular complexity index is 1320. The predicted molar refractivity (Wildman–Crippen MR) is 124 cm³/mol. The molecule has 158 valence electrons. The fourth-order valence-electron chi connectivity index (χ4n) is 3.28. The van der Waals surface area contributed by atoms with Gasteiger partial charge < -0.3 is 5.32 Å². The number of aryl methyl sites for hydroxylation is 2. The van der Waals surface area contributed by atoms with Crippen molar-refractivity contribution in [2.24, 2.45) is 14.1 Å². The third-order valence-electron chi connectivity index (χ3n) is 4.90. The standard InChI is InChI=1S/C21H17BrN4O4S/c1-24-15-8-3-12(9-16(15)25(2)20(24)29)10-17-19(28)26(21(30)31-17)11-18(27)23-14-6-4-13(22)5-7-14/h3-10H,11H2,1-2H3,(H,23,27). The third kappa shape index (κ3) is 4.08. The zero-order valence-corrected chi connectivity index (χ0v) is 19.0. The Labute approximate surface area is 189 Å². The van der Waals surface area contributed by atoms with Gasteiger partial charge in [-0.15, -0.1) is 0 Å². The van der Waals surface area contributed by atoms with Gasteiger partial charge >= 0.3 is 5.69 Å². The Morgan fingerprint density at radius 2 is 1.71 bits per heavy atom. The van der Waals surface area contributed by atoms with Crippen LogP contribution in [-0.2, 0) is 23.7 Å². The number of thioether (sulfide) groups is 1. The zero-order chi connectivity index (χ0) is 22.3. The van der Waals surface area contributed by atoms with E-state index in [-0.39, 0.29) is 17.1 Å². The number of anilines is 1. The Hall–Kier alpha value is -3.11. The van der Waals surface area contributed by atoms with Crippen molar-refractivity contribution in [1.82, 2.24) is 14.0 Å². The van der Waals surface area contributed by atoms with Crippen molar-refractivity contribution in [2.45, 2.75) is 0 Å². The molecule has 8 nitrogen and oxygen atoms in total. The van der Waals surface area contributed by atoms with Crippen molar-refractivity contribution in [2.75, 3.05) is 11.9 Å². The number of nitrogens with one attached hydrogen (secondary N) is 1. The molecule has 1 saturated heterocycles. The molecule has 10 heteroatoms. The van der Waals surface area contributed by atoms with Gasteiger partial charge in [-0.05, 0) is 59.8 Å². The predicted octanol–water partition coefficient (Wildman–Crippen LogP) is 3.31. The van der Waals surface area contributed by atoms with Gasteiger partial charge in [0.2, 0.25) is 5.91 Å². The first-order valence-electron chi connectivity index (χ1n) is 9.21. The Kier molecular flexibility index (Phi) is 5.59. The highest BCUT2D eigenvalue weighted by atomic mass is 79.9. The lowest BCUT2D eigenvalue weighted by molar-refractivity contribution is -0.127. The first-order valence-corrected chi connectivity index (χ1v) is 10.8. The number of rotatable bonds is 4. The summed E-state index contributed by atoms with van der Waals surface area (Å²) in [5, 5.41) is 2.16. The smallest absolute Gasteiger partial charge is 0.325 e. The third-order valence-corrected chi connectivity index (χ3v) is 6.33. The molecule has 0 bridgehead atoms. The summed E-state index contributed by atoms with van der Waals surface area (Å²) in [6.07, 6.45) is 1.59. The second-order valence-electron chi connectivity index (χ2n) is 6.97. The SMILES string of the molecule is Cn1c(=O)n(C)c2cc(C=C3SC(=O)N(CC(=O)Nc4ccc(Br)cc4)C3=O)ccc21. The lowest BCUT2D eigenvalue weighted by atomic mass is 10.2. The highest BCUT2D eigenvalue weighted by molar-refractivity contribution is 9.10. The number of hydrogen-bond donors (Lipinski definition) is 1. The Morgan fingerprint density at radius 1 is 1.03 bits per heavy atom. The fraction of sp³-hybridized carbons (Fsp3) is 0.143. The number of benzene rings is 2. The van der Waals surface area contributed by atoms with Crippen LogP contribution in [0.3, 0.4) is 0 Å². The second kappa shape index (κ2) is 8.20. The van der Waals surface area contributed by atoms with E-state index in [4.69, 9.17) is 0 Å². The van der Waals surface area contributed by atoms with Gasteiger partial charge in [-0.1, -0.05) is 22.0 Å². The van der Waals surface area contributed by atoms with Crippen molar-refractivity contribution in [1.29, 1.82) is 0 Å². The van der Waals surface area contributed by atoms with Crippen molar-refractivity contribution < 1.29 is 14.4 Å². The van der Waals surface area contributed by atoms with Gasteiger partial charge in [0.25, 0.3) is 11.1 Å². The van der Waals surface area contributed by atoms with E-state index in [1.54, 1.807) is 62.6 Å². The molecule has 0 spiro atoms. The van der Waals surface area contributed by atoms with Gasteiger partial charge in [0.15, 0.2) is 0 Å². The summed E-state index contributed by atoms with van der Waals surface area (Å²) in [7, 11) is 3.36. The van der Waals surface area contributed by atoms with Crippen LogP contribution in [0.2, 0.25) is 0 Å². The van der Waals surface area contributed by atoms with Crippen LogP contribution in [-0.4, -0.2) is 37.6 Å². The van der Waals surface area contributed by atoms with Gasteiger partial charge in [-0.3, -0.25) is 28.4 Å². The Balaban J connectivity index is 1.52. The molecule has 3 aromatic rings. The quantitative estimate of drug-likeness (QED) is 0.554. The molecule has 2 heterocycles. The van der Waals surface area contributed by atoms with Crippen LogP contribution in [0.15, 0.2) is 56.6 Å². The maximum absolute atomic E-state index is 12.7. The summed E-state index contributed by atoms with van der Waals surface area (Å²) in [6, 6.07) is 12.3. The van der Waals surface area contributed by atoms with Crippen LogP contribution in [0.25, 0.3) is 17.1 Å². The van der Waals surface area contributed by atoms with Crippen molar-refractivity contribution in [3.05, 3.63) is 67.9 Å². The minimum atomic E-state index is -0.525. The number of imidazole rings is 1. The lowest BCUT2D eigenvalue weighted by Crippen LogP contribution is -2.36. The molecule has 1 aromatic heterocycles. The summed E-state index contributed by atoms with van der Waals surface area (Å²) < 4.78 is 3.93. The maximum atomic E-state index is 12.7. The first kappa shape index (κ1) is 21.1. The van der Waals surface area contributed by atoms with Crippen LogP contribution in [0.4, 0.5) is 10.5 Å². The van der Waals surface area contributed by atoms with E-state index in [0.717, 1.165) is 26.7 Å². The highest BCUT2D eigenvalue weighted by Crippen LogP contribution is 2.32. The van der Waals surface area contributed by atoms with Crippen LogP contribution in [0.5, 0.6) is 0 Å². The molecule has 0 unspecified atom stereocenters. The lowest BCUT2D eigenvalue weighted by Gasteiger charge is -2.12. The highest BCUT2D eigenvalue weighted by Gasteiger charge is 2.36. The number of amides is 3. The normalized spacial score (nSPS) is 15.3. The number of aromatic nitrogens is 2. The molecule has 0 saturated carbocycles. The monoisotopic (exact) mass is 500 g/mol. The minimum Gasteiger partial charge on any atom is -0.325 e. The molecular weight excluding hydrogens is 484 g/mol. The number of halogens is 1. The van der Waals surface area contributed by atoms with E-state index in [9.17, 15) is 19.2 Å². The van der Waals surface area contributed by atoms with Gasteiger partial charge in [-0.2, -0.15) is 0 Å². The Morgan fingerprint density at radius 3 is 2.42 bits per heavy atom. The summed E-state index contributed by atoms with van der Waals surface area (Å²) >= 11 is 4.10. The molecule has 1 N–H and O–H groups in total. The molecule has 2 aromatic carbocycles. The molecule has 0 atom stereocenters. The molecule has 1 aliphatic rings.